The van der Waals surface area contributed by atoms with E-state index in [0.29, 0.717) is 40.2 Å². The maximum absolute atomic E-state index is 15.3. The van der Waals surface area contributed by atoms with Crippen molar-refractivity contribution in [2.24, 2.45) is 5.92 Å². The molecule has 0 saturated carbocycles. The molecule has 0 amide bonds. The molecular weight excluding hydrogens is 474 g/mol. The van der Waals surface area contributed by atoms with Gasteiger partial charge in [0.15, 0.2) is 5.65 Å². The molecule has 9 heteroatoms. The fraction of sp³-hybridized carbons (Fsp3) is 0.500. The van der Waals surface area contributed by atoms with Gasteiger partial charge in [0.25, 0.3) is 0 Å². The molecule has 3 heterocycles. The van der Waals surface area contributed by atoms with Gasteiger partial charge in [-0.2, -0.15) is 9.97 Å². The van der Waals surface area contributed by atoms with E-state index in [2.05, 4.69) is 39.9 Å². The highest BCUT2D eigenvalue weighted by Gasteiger charge is 2.22. The molecule has 0 N–H and O–H groups in total. The summed E-state index contributed by atoms with van der Waals surface area (Å²) >= 11 is 0. The molecule has 1 aliphatic rings. The first-order valence-electron chi connectivity index (χ1n) is 13.0. The predicted molar refractivity (Wildman–Crippen MR) is 144 cm³/mol. The van der Waals surface area contributed by atoms with Gasteiger partial charge >= 0.3 is 6.01 Å². The molecule has 0 aromatic carbocycles. The highest BCUT2D eigenvalue weighted by atomic mass is 19.1. The van der Waals surface area contributed by atoms with Crippen LogP contribution in [0.5, 0.6) is 6.01 Å². The number of unbranched alkanes of at least 4 members (excludes halogenated alkanes) is 1. The second-order valence-corrected chi connectivity index (χ2v) is 9.09. The minimum atomic E-state index is -0.476. The van der Waals surface area contributed by atoms with Crippen LogP contribution in [-0.2, 0) is 6.54 Å². The van der Waals surface area contributed by atoms with Crippen LogP contribution in [0.4, 0.5) is 8.78 Å². The van der Waals surface area contributed by atoms with Crippen LogP contribution in [0.25, 0.3) is 22.6 Å². The third-order valence-electron chi connectivity index (χ3n) is 6.31. The first-order chi connectivity index (χ1) is 17.9. The topological polar surface area (TPSA) is 69.0 Å². The third kappa shape index (κ3) is 6.97. The molecule has 0 fully saturated rings. The molecule has 3 aromatic heterocycles. The Morgan fingerprint density at radius 1 is 1.16 bits per heavy atom. The maximum Gasteiger partial charge on any atom is 0.318 e. The number of halogens is 2. The van der Waals surface area contributed by atoms with Crippen molar-refractivity contribution in [2.75, 3.05) is 27.2 Å². The largest absolute Gasteiger partial charge is 0.467 e. The summed E-state index contributed by atoms with van der Waals surface area (Å²) in [6.45, 7) is 10.1. The molecule has 37 heavy (non-hydrogen) atoms. The second-order valence-electron chi connectivity index (χ2n) is 9.09. The van der Waals surface area contributed by atoms with Crippen molar-refractivity contribution >= 4 is 11.2 Å². The normalized spacial score (nSPS) is 15.6. The predicted octanol–water partition coefficient (Wildman–Crippen LogP) is 6.29. The monoisotopic (exact) mass is 512 g/mol. The van der Waals surface area contributed by atoms with E-state index < -0.39 is 5.82 Å². The number of fused-ring (bicyclic) bond motifs is 1. The summed E-state index contributed by atoms with van der Waals surface area (Å²) in [5.41, 5.74) is 2.72. The molecular formula is C28H38F2N6O. The molecule has 200 valence electrons. The van der Waals surface area contributed by atoms with Crippen LogP contribution in [-0.4, -0.2) is 56.6 Å². The Morgan fingerprint density at radius 2 is 1.95 bits per heavy atom. The summed E-state index contributed by atoms with van der Waals surface area (Å²) < 4.78 is 36.3. The van der Waals surface area contributed by atoms with Gasteiger partial charge in [0.05, 0.1) is 25.5 Å². The van der Waals surface area contributed by atoms with Gasteiger partial charge in [0, 0.05) is 30.3 Å². The SMILES string of the molecule is CC.CCCCN(C)CC1C=CC(Cn2c(-c3cncc(F)c3)nc3c(C)nc(OC)nc32)=C(F)CC1. The average Bonchev–Trinajstić information content (AvgIpc) is 3.18. The summed E-state index contributed by atoms with van der Waals surface area (Å²) in [5.74, 6) is 0.0989. The van der Waals surface area contributed by atoms with Gasteiger partial charge in [-0.05, 0) is 45.3 Å². The van der Waals surface area contributed by atoms with Gasteiger partial charge in [-0.3, -0.25) is 4.98 Å². The van der Waals surface area contributed by atoms with E-state index in [0.717, 1.165) is 38.5 Å². The molecule has 3 aromatic rings. The number of methoxy groups -OCH3 is 1. The number of pyridine rings is 1. The van der Waals surface area contributed by atoms with Crippen molar-refractivity contribution in [1.29, 1.82) is 0 Å². The van der Waals surface area contributed by atoms with Gasteiger partial charge in [0.2, 0.25) is 0 Å². The standard InChI is InChI=1S/C26H32F2N6O.C2H6/c1-5-6-11-33(3)15-18-7-9-19(22(28)10-8-18)16-34-24(20-12-21(27)14-29-13-20)31-23-17(2)30-26(35-4)32-25(23)34;1-2/h7,9,12-14,18H,5-6,8,10-11,15-16H2,1-4H3;1-2H3. The molecule has 0 bridgehead atoms. The quantitative estimate of drug-likeness (QED) is 0.336. The summed E-state index contributed by atoms with van der Waals surface area (Å²) in [5, 5.41) is 0. The van der Waals surface area contributed by atoms with Gasteiger partial charge in [0.1, 0.15) is 23.0 Å². The second kappa shape index (κ2) is 13.4. The summed E-state index contributed by atoms with van der Waals surface area (Å²) in [4.78, 5) is 19.8. The van der Waals surface area contributed by atoms with Gasteiger partial charge in [-0.25, -0.2) is 13.8 Å². The number of hydrogen-bond acceptors (Lipinski definition) is 6. The summed E-state index contributed by atoms with van der Waals surface area (Å²) in [6.07, 6.45) is 10.1. The Labute approximate surface area is 218 Å². The first-order valence-corrected chi connectivity index (χ1v) is 13.0. The van der Waals surface area contributed by atoms with E-state index in [-0.39, 0.29) is 24.3 Å². The van der Waals surface area contributed by atoms with Crippen LogP contribution in [0.2, 0.25) is 0 Å². The molecule has 0 aliphatic heterocycles. The number of aryl methyl sites for hydroxylation is 1. The van der Waals surface area contributed by atoms with Crippen LogP contribution in [0, 0.1) is 18.7 Å². The molecule has 0 spiro atoms. The number of imidazole rings is 1. The average molecular weight is 513 g/mol. The van der Waals surface area contributed by atoms with Crippen LogP contribution in [0.15, 0.2) is 42.0 Å². The van der Waals surface area contributed by atoms with Crippen LogP contribution < -0.4 is 4.74 Å². The van der Waals surface area contributed by atoms with E-state index in [9.17, 15) is 4.39 Å². The fourth-order valence-electron chi connectivity index (χ4n) is 4.40. The van der Waals surface area contributed by atoms with Crippen molar-refractivity contribution in [3.8, 4) is 17.4 Å². The number of allylic oxidation sites excluding steroid dienone is 3. The van der Waals surface area contributed by atoms with Gasteiger partial charge < -0.3 is 14.2 Å². The highest BCUT2D eigenvalue weighted by Crippen LogP contribution is 2.30. The molecule has 7 nitrogen and oxygen atoms in total. The van der Waals surface area contributed by atoms with Crippen LogP contribution in [0.1, 0.15) is 52.1 Å². The third-order valence-corrected chi connectivity index (χ3v) is 6.31. The van der Waals surface area contributed by atoms with Crippen molar-refractivity contribution < 1.29 is 13.5 Å². The fourth-order valence-corrected chi connectivity index (χ4v) is 4.40. The lowest BCUT2D eigenvalue weighted by Crippen LogP contribution is -2.25. The maximum atomic E-state index is 15.3. The van der Waals surface area contributed by atoms with E-state index >= 15 is 4.39 Å². The van der Waals surface area contributed by atoms with E-state index in [1.807, 2.05) is 26.8 Å². The van der Waals surface area contributed by atoms with Gasteiger partial charge in [-0.1, -0.05) is 39.3 Å². The number of aromatic nitrogens is 5. The minimum Gasteiger partial charge on any atom is -0.467 e. The Hall–Kier alpha value is -3.20. The first kappa shape index (κ1) is 28.4. The smallest absolute Gasteiger partial charge is 0.318 e. The lowest BCUT2D eigenvalue weighted by atomic mass is 10.0. The van der Waals surface area contributed by atoms with Crippen LogP contribution in [0.3, 0.4) is 0 Å². The Morgan fingerprint density at radius 3 is 2.65 bits per heavy atom. The zero-order valence-corrected chi connectivity index (χ0v) is 22.8. The molecule has 0 saturated heterocycles. The number of ether oxygens (including phenoxy) is 1. The van der Waals surface area contributed by atoms with Crippen molar-refractivity contribution in [3.63, 3.8) is 0 Å². The van der Waals surface area contributed by atoms with Crippen LogP contribution >= 0.6 is 0 Å². The highest BCUT2D eigenvalue weighted by molar-refractivity contribution is 5.79. The van der Waals surface area contributed by atoms with Gasteiger partial charge in [-0.15, -0.1) is 0 Å². The number of rotatable bonds is 9. The number of nitrogens with zero attached hydrogens (tertiary/aromatic N) is 6. The van der Waals surface area contributed by atoms with Crippen molar-refractivity contribution in [3.05, 3.63) is 53.5 Å². The lowest BCUT2D eigenvalue weighted by molar-refractivity contribution is 0.287. The minimum absolute atomic E-state index is 0.150. The molecule has 4 rings (SSSR count). The Balaban J connectivity index is 0.00000186. The Bertz CT molecular complexity index is 1250. The van der Waals surface area contributed by atoms with E-state index in [4.69, 9.17) is 9.72 Å². The van der Waals surface area contributed by atoms with E-state index in [1.165, 1.54) is 19.4 Å². The van der Waals surface area contributed by atoms with E-state index in [1.54, 1.807) is 4.57 Å². The zero-order chi connectivity index (χ0) is 26.9. The number of hydrogen-bond donors (Lipinski definition) is 0. The lowest BCUT2D eigenvalue weighted by Gasteiger charge is -2.21. The zero-order valence-electron chi connectivity index (χ0n) is 22.8. The Kier molecular flexibility index (Phi) is 10.3. The summed E-state index contributed by atoms with van der Waals surface area (Å²) in [7, 11) is 3.61. The molecule has 1 aliphatic carbocycles. The summed E-state index contributed by atoms with van der Waals surface area (Å²) in [6, 6.07) is 1.56. The van der Waals surface area contributed by atoms with Crippen molar-refractivity contribution in [1.82, 2.24) is 29.4 Å². The molecule has 1 atom stereocenters. The van der Waals surface area contributed by atoms with Crippen molar-refractivity contribution in [2.45, 2.75) is 59.9 Å². The molecule has 0 radical (unpaired) electrons. The molecule has 1 unspecified atom stereocenters.